The first-order valence-corrected chi connectivity index (χ1v) is 25.0. The first-order valence-electron chi connectivity index (χ1n) is 23.5. The van der Waals surface area contributed by atoms with Gasteiger partial charge in [-0.3, -0.25) is 18.6 Å². The second-order valence-electron chi connectivity index (χ2n) is 16.3. The Hall–Kier alpha value is -3.01. The maximum atomic E-state index is 12.8. The summed E-state index contributed by atoms with van der Waals surface area (Å²) in [6.07, 6.45) is 33.8. The molecule has 0 bridgehead atoms. The number of ether oxygens (including phenoxy) is 3. The number of hydrogen-bond acceptors (Lipinski definition) is 13. The van der Waals surface area contributed by atoms with Crippen molar-refractivity contribution in [3.63, 3.8) is 0 Å². The lowest BCUT2D eigenvalue weighted by Gasteiger charge is -2.41. The van der Waals surface area contributed by atoms with E-state index in [-0.39, 0.29) is 25.0 Å². The second-order valence-corrected chi connectivity index (χ2v) is 17.7. The highest BCUT2D eigenvalue weighted by atomic mass is 31.2. The predicted molar refractivity (Wildman–Crippen MR) is 248 cm³/mol. The number of allylic oxidation sites excluding steroid dienone is 12. The minimum absolute atomic E-state index is 0.000842. The van der Waals surface area contributed by atoms with Gasteiger partial charge >= 0.3 is 19.8 Å². The van der Waals surface area contributed by atoms with Crippen LogP contribution in [-0.4, -0.2) is 111 Å². The van der Waals surface area contributed by atoms with Crippen molar-refractivity contribution in [2.75, 3.05) is 13.2 Å². The van der Waals surface area contributed by atoms with Crippen LogP contribution < -0.4 is 0 Å². The summed E-state index contributed by atoms with van der Waals surface area (Å²) in [5.74, 6) is -1.25. The van der Waals surface area contributed by atoms with Crippen LogP contribution in [-0.2, 0) is 37.4 Å². The third-order valence-electron chi connectivity index (χ3n) is 10.6. The zero-order valence-electron chi connectivity index (χ0n) is 38.2. The Morgan fingerprint density at radius 2 is 0.953 bits per heavy atom. The van der Waals surface area contributed by atoms with Crippen LogP contribution in [0, 0.1) is 0 Å². The molecule has 0 amide bonds. The summed E-state index contributed by atoms with van der Waals surface area (Å²) in [7, 11) is -5.16. The van der Waals surface area contributed by atoms with Crippen LogP contribution in [0.3, 0.4) is 0 Å². The molecule has 1 aliphatic carbocycles. The number of unbranched alkanes of at least 4 members (excludes halogenated alkanes) is 8. The molecule has 10 atom stereocenters. The normalized spacial score (nSPS) is 25.5. The molecule has 0 spiro atoms. The maximum Gasteiger partial charge on any atom is 0.472 e. The van der Waals surface area contributed by atoms with Gasteiger partial charge in [-0.2, -0.15) is 0 Å². The quantitative estimate of drug-likeness (QED) is 0.0115. The Bertz CT molecular complexity index is 1510. The smallest absolute Gasteiger partial charge is 0.462 e. The van der Waals surface area contributed by atoms with E-state index in [1.165, 1.54) is 38.5 Å². The molecule has 1 heterocycles. The third-order valence-corrected chi connectivity index (χ3v) is 11.6. The van der Waals surface area contributed by atoms with Gasteiger partial charge in [0.05, 0.1) is 18.8 Å². The molecule has 15 heteroatoms. The average molecular weight is 923 g/mol. The maximum absolute atomic E-state index is 12.8. The van der Waals surface area contributed by atoms with Crippen LogP contribution in [0.1, 0.15) is 142 Å². The van der Waals surface area contributed by atoms with Crippen molar-refractivity contribution in [1.82, 2.24) is 0 Å². The van der Waals surface area contributed by atoms with Crippen molar-refractivity contribution in [2.24, 2.45) is 0 Å². The van der Waals surface area contributed by atoms with E-state index in [9.17, 15) is 44.6 Å². The number of rotatable bonds is 36. The van der Waals surface area contributed by atoms with Crippen LogP contribution in [0.15, 0.2) is 85.1 Å². The molecule has 0 aromatic rings. The van der Waals surface area contributed by atoms with Crippen molar-refractivity contribution >= 4 is 19.8 Å². The Balaban J connectivity index is 1.77. The van der Waals surface area contributed by atoms with Gasteiger partial charge in [0.2, 0.25) is 0 Å². The molecule has 1 saturated carbocycles. The molecule has 364 valence electrons. The van der Waals surface area contributed by atoms with Gasteiger partial charge in [0, 0.05) is 12.8 Å². The van der Waals surface area contributed by atoms with E-state index >= 15 is 0 Å². The Morgan fingerprint density at radius 3 is 1.45 bits per heavy atom. The van der Waals surface area contributed by atoms with Crippen molar-refractivity contribution < 1.29 is 67.8 Å². The number of hydrogen-bond donors (Lipinski definition) is 6. The minimum atomic E-state index is -5.16. The molecule has 6 N–H and O–H groups in total. The highest BCUT2D eigenvalue weighted by molar-refractivity contribution is 7.47. The molecule has 5 unspecified atom stereocenters. The Kier molecular flexibility index (Phi) is 31.4. The molecule has 0 aromatic heterocycles. The number of esters is 2. The number of phosphoric acid groups is 1. The number of phosphoric ester groups is 1. The fourth-order valence-corrected chi connectivity index (χ4v) is 7.64. The minimum Gasteiger partial charge on any atom is -0.462 e. The van der Waals surface area contributed by atoms with E-state index in [0.29, 0.717) is 25.7 Å². The second kappa shape index (κ2) is 35.2. The van der Waals surface area contributed by atoms with Gasteiger partial charge in [0.25, 0.3) is 0 Å². The summed E-state index contributed by atoms with van der Waals surface area (Å²) >= 11 is 0. The first kappa shape index (κ1) is 57.1. The van der Waals surface area contributed by atoms with Crippen molar-refractivity contribution in [3.8, 4) is 0 Å². The van der Waals surface area contributed by atoms with Gasteiger partial charge in [0.1, 0.15) is 43.2 Å². The largest absolute Gasteiger partial charge is 0.472 e. The molecule has 1 aliphatic heterocycles. The zero-order chi connectivity index (χ0) is 46.8. The van der Waals surface area contributed by atoms with Crippen molar-refractivity contribution in [3.05, 3.63) is 85.1 Å². The number of aliphatic hydroxyl groups excluding tert-OH is 5. The Morgan fingerprint density at radius 1 is 0.547 bits per heavy atom. The third kappa shape index (κ3) is 26.8. The van der Waals surface area contributed by atoms with Gasteiger partial charge < -0.3 is 44.6 Å². The van der Waals surface area contributed by atoms with Gasteiger partial charge in [0.15, 0.2) is 6.10 Å². The summed E-state index contributed by atoms with van der Waals surface area (Å²) in [4.78, 5) is 35.7. The number of carbonyl (C=O) groups is 2. The van der Waals surface area contributed by atoms with Crippen molar-refractivity contribution in [1.29, 1.82) is 0 Å². The summed E-state index contributed by atoms with van der Waals surface area (Å²) < 4.78 is 39.2. The van der Waals surface area contributed by atoms with Gasteiger partial charge in [-0.05, 0) is 89.9 Å². The van der Waals surface area contributed by atoms with E-state index in [1.54, 1.807) is 0 Å². The lowest BCUT2D eigenvalue weighted by atomic mass is 9.85. The van der Waals surface area contributed by atoms with Crippen LogP contribution in [0.2, 0.25) is 0 Å². The molecule has 0 aromatic carbocycles. The van der Waals surface area contributed by atoms with Gasteiger partial charge in [-0.1, -0.05) is 125 Å². The van der Waals surface area contributed by atoms with Gasteiger partial charge in [-0.25, -0.2) is 4.57 Å². The highest BCUT2D eigenvalue weighted by Crippen LogP contribution is 2.47. The van der Waals surface area contributed by atoms with E-state index in [0.717, 1.165) is 51.4 Å². The van der Waals surface area contributed by atoms with E-state index in [2.05, 4.69) is 74.6 Å². The molecule has 1 saturated heterocycles. The van der Waals surface area contributed by atoms with Crippen LogP contribution >= 0.6 is 7.82 Å². The molecule has 2 aliphatic rings. The van der Waals surface area contributed by atoms with E-state index < -0.39 is 75.7 Å². The lowest BCUT2D eigenvalue weighted by molar-refractivity contribution is -0.220. The summed E-state index contributed by atoms with van der Waals surface area (Å²) in [5, 5.41) is 50.2. The first-order chi connectivity index (χ1) is 30.9. The standard InChI is InChI=1S/C49H79O14P/c1-3-5-7-9-11-13-14-15-16-17-18-19-20-22-24-26-32-36-43(51)61-39(38-60-64(57,58)63-49-47(55)45(53)44(52)46(54)48(49)56)37-59-42(50)35-31-28-27-30-34-41-40(62-41)33-29-25-23-21-12-10-8-6-4-2/h11-13,15-16,18-19,21-22,24-25,27,29-30,39-41,44-49,52-56H,3-10,14,17,20,23,26,28,31-38H2,1-2H3,(H,57,58)/b13-11-,16-15-,19-18-,21-12-,24-22-,29-25-,30-27-/t39-,40?,41?,44?,45-,46+,47-,48-,49?/m1/s1. The topological polar surface area (TPSA) is 222 Å². The van der Waals surface area contributed by atoms with Crippen molar-refractivity contribution in [2.45, 2.75) is 197 Å². The highest BCUT2D eigenvalue weighted by Gasteiger charge is 2.51. The lowest BCUT2D eigenvalue weighted by Crippen LogP contribution is -2.64. The average Bonchev–Trinajstić information content (AvgIpc) is 4.04. The molecule has 2 fully saturated rings. The summed E-state index contributed by atoms with van der Waals surface area (Å²) in [6, 6.07) is 0. The predicted octanol–water partition coefficient (Wildman–Crippen LogP) is 8.26. The Labute approximate surface area is 382 Å². The van der Waals surface area contributed by atoms with Crippen LogP contribution in [0.4, 0.5) is 0 Å². The monoisotopic (exact) mass is 923 g/mol. The van der Waals surface area contributed by atoms with Gasteiger partial charge in [-0.15, -0.1) is 0 Å². The molecule has 2 rings (SSSR count). The fraction of sp³-hybridized carbons (Fsp3) is 0.673. The van der Waals surface area contributed by atoms with Crippen LogP contribution in [0.25, 0.3) is 0 Å². The molecular weight excluding hydrogens is 843 g/mol. The number of epoxide rings is 1. The molecule has 0 radical (unpaired) electrons. The number of carbonyl (C=O) groups excluding carboxylic acids is 2. The van der Waals surface area contributed by atoms with Crippen LogP contribution in [0.5, 0.6) is 0 Å². The summed E-state index contributed by atoms with van der Waals surface area (Å²) in [5.41, 5.74) is 0. The zero-order valence-corrected chi connectivity index (χ0v) is 39.1. The molecule has 14 nitrogen and oxygen atoms in total. The molecular formula is C49H79O14P. The molecule has 64 heavy (non-hydrogen) atoms. The SMILES string of the molecule is CCCCC/C=C\C/C=C\C/C=C\C/C=C\CCCC(=O)O[C@H](COC(=O)CCC/C=C\CC1OC1C/C=C\C/C=C\CCCCC)COP(=O)(O)OC1[C@H](O)[C@H](O)C(O)[C@H](O)[C@H]1O. The van der Waals surface area contributed by atoms with E-state index in [1.807, 2.05) is 24.3 Å². The van der Waals surface area contributed by atoms with E-state index in [4.69, 9.17) is 23.3 Å². The fourth-order valence-electron chi connectivity index (χ4n) is 6.66. The number of aliphatic hydroxyl groups is 5. The summed E-state index contributed by atoms with van der Waals surface area (Å²) in [6.45, 7) is 3.12.